The van der Waals surface area contributed by atoms with Gasteiger partial charge in [-0.1, -0.05) is 0 Å². The van der Waals surface area contributed by atoms with Crippen molar-refractivity contribution in [2.24, 2.45) is 0 Å². The number of pyridine rings is 2. The Bertz CT molecular complexity index is 812. The second-order valence-electron chi connectivity index (χ2n) is 4.70. The summed E-state index contributed by atoms with van der Waals surface area (Å²) in [6.45, 7) is 2.42. The van der Waals surface area contributed by atoms with Gasteiger partial charge in [-0.25, -0.2) is 0 Å². The van der Waals surface area contributed by atoms with Gasteiger partial charge in [-0.3, -0.25) is 14.8 Å². The largest absolute Gasteiger partial charge is 0.397 e. The number of nitrogens with one attached hydrogen (secondary N) is 1. The molecule has 0 atom stereocenters. The summed E-state index contributed by atoms with van der Waals surface area (Å²) in [7, 11) is 0. The van der Waals surface area contributed by atoms with Crippen LogP contribution in [-0.4, -0.2) is 15.9 Å². The van der Waals surface area contributed by atoms with E-state index in [0.717, 1.165) is 21.2 Å². The first-order valence-corrected chi connectivity index (χ1v) is 7.28. The molecule has 3 aromatic rings. The molecule has 6 heteroatoms. The Morgan fingerprint density at radius 3 is 2.81 bits per heavy atom. The monoisotopic (exact) mass is 298 g/mol. The third-order valence-electron chi connectivity index (χ3n) is 3.31. The van der Waals surface area contributed by atoms with Crippen molar-refractivity contribution in [3.63, 3.8) is 0 Å². The third-order valence-corrected chi connectivity index (χ3v) is 4.47. The van der Waals surface area contributed by atoms with Gasteiger partial charge < -0.3 is 11.1 Å². The quantitative estimate of drug-likeness (QED) is 0.778. The Labute approximate surface area is 125 Å². The summed E-state index contributed by atoms with van der Waals surface area (Å²) in [5.41, 5.74) is 8.65. The van der Waals surface area contributed by atoms with Gasteiger partial charge in [0.15, 0.2) is 0 Å². The average Bonchev–Trinajstić information content (AvgIpc) is 2.84. The summed E-state index contributed by atoms with van der Waals surface area (Å²) in [5, 5.41) is 3.78. The Morgan fingerprint density at radius 2 is 2.05 bits per heavy atom. The molecule has 0 aliphatic rings. The van der Waals surface area contributed by atoms with Crippen molar-refractivity contribution >= 4 is 33.0 Å². The van der Waals surface area contributed by atoms with Crippen molar-refractivity contribution in [1.29, 1.82) is 0 Å². The summed E-state index contributed by atoms with van der Waals surface area (Å²) in [6, 6.07) is 3.72. The molecule has 0 saturated heterocycles. The minimum atomic E-state index is -0.162. The lowest BCUT2D eigenvalue weighted by Gasteiger charge is -2.06. The predicted octanol–water partition coefficient (Wildman–Crippen LogP) is 2.51. The molecule has 0 aromatic carbocycles. The number of thiophene rings is 1. The standard InChI is InChI=1S/C15H14N4OS/c1-9-6-17-4-2-10(9)7-19-15(20)14-13(16)11-3-5-18-8-12(11)21-14/h2-6,8H,7,16H2,1H3,(H,19,20). The minimum Gasteiger partial charge on any atom is -0.397 e. The molecule has 3 heterocycles. The predicted molar refractivity (Wildman–Crippen MR) is 84.2 cm³/mol. The molecule has 0 unspecified atom stereocenters. The number of carbonyl (C=O) groups is 1. The Balaban J connectivity index is 1.81. The summed E-state index contributed by atoms with van der Waals surface area (Å²) >= 11 is 1.36. The van der Waals surface area contributed by atoms with Gasteiger partial charge in [-0.2, -0.15) is 0 Å². The van der Waals surface area contributed by atoms with E-state index in [-0.39, 0.29) is 5.91 Å². The lowest BCUT2D eigenvalue weighted by Crippen LogP contribution is -2.23. The fourth-order valence-corrected chi connectivity index (χ4v) is 3.10. The van der Waals surface area contributed by atoms with E-state index in [1.807, 2.05) is 19.1 Å². The molecule has 0 fully saturated rings. The highest BCUT2D eigenvalue weighted by Gasteiger charge is 2.16. The van der Waals surface area contributed by atoms with E-state index in [2.05, 4.69) is 15.3 Å². The molecule has 0 bridgehead atoms. The van der Waals surface area contributed by atoms with Crippen LogP contribution < -0.4 is 11.1 Å². The molecule has 106 valence electrons. The number of rotatable bonds is 3. The number of carbonyl (C=O) groups excluding carboxylic acids is 1. The van der Waals surface area contributed by atoms with Crippen LogP contribution in [0.4, 0.5) is 5.69 Å². The maximum atomic E-state index is 12.3. The SMILES string of the molecule is Cc1cnccc1CNC(=O)c1sc2cnccc2c1N. The molecule has 1 amide bonds. The average molecular weight is 298 g/mol. The van der Waals surface area contributed by atoms with Crippen LogP contribution in [0.1, 0.15) is 20.8 Å². The lowest BCUT2D eigenvalue weighted by atomic mass is 10.1. The lowest BCUT2D eigenvalue weighted by molar-refractivity contribution is 0.0956. The molecular weight excluding hydrogens is 284 g/mol. The van der Waals surface area contributed by atoms with E-state index in [1.54, 1.807) is 24.8 Å². The number of aromatic nitrogens is 2. The van der Waals surface area contributed by atoms with E-state index in [0.29, 0.717) is 17.1 Å². The highest BCUT2D eigenvalue weighted by atomic mass is 32.1. The van der Waals surface area contributed by atoms with E-state index in [9.17, 15) is 4.79 Å². The van der Waals surface area contributed by atoms with Crippen molar-refractivity contribution in [2.75, 3.05) is 5.73 Å². The molecule has 21 heavy (non-hydrogen) atoms. The molecular formula is C15H14N4OS. The Morgan fingerprint density at radius 1 is 1.29 bits per heavy atom. The smallest absolute Gasteiger partial charge is 0.263 e. The number of nitrogen functional groups attached to an aromatic ring is 1. The number of anilines is 1. The van der Waals surface area contributed by atoms with Gasteiger partial charge in [0.1, 0.15) is 4.88 Å². The van der Waals surface area contributed by atoms with Crippen LogP contribution >= 0.6 is 11.3 Å². The zero-order chi connectivity index (χ0) is 14.8. The molecule has 3 N–H and O–H groups in total. The zero-order valence-electron chi connectivity index (χ0n) is 11.5. The summed E-state index contributed by atoms with van der Waals surface area (Å²) in [4.78, 5) is 20.9. The van der Waals surface area contributed by atoms with Crippen LogP contribution in [-0.2, 0) is 6.54 Å². The summed E-state index contributed by atoms with van der Waals surface area (Å²) < 4.78 is 0.917. The number of aryl methyl sites for hydroxylation is 1. The van der Waals surface area contributed by atoms with Crippen molar-refractivity contribution in [3.05, 3.63) is 52.9 Å². The third kappa shape index (κ3) is 2.57. The molecule has 3 rings (SSSR count). The minimum absolute atomic E-state index is 0.162. The zero-order valence-corrected chi connectivity index (χ0v) is 12.3. The topological polar surface area (TPSA) is 80.9 Å². The molecule has 0 aliphatic heterocycles. The van der Waals surface area contributed by atoms with E-state index in [1.165, 1.54) is 11.3 Å². The molecule has 0 aliphatic carbocycles. The van der Waals surface area contributed by atoms with E-state index in [4.69, 9.17) is 5.73 Å². The van der Waals surface area contributed by atoms with Gasteiger partial charge >= 0.3 is 0 Å². The number of fused-ring (bicyclic) bond motifs is 1. The van der Waals surface area contributed by atoms with Crippen molar-refractivity contribution in [2.45, 2.75) is 13.5 Å². The second kappa shape index (κ2) is 5.49. The number of nitrogens with zero attached hydrogens (tertiary/aromatic N) is 2. The number of nitrogens with two attached hydrogens (primary N) is 1. The van der Waals surface area contributed by atoms with Crippen LogP contribution in [0.2, 0.25) is 0 Å². The van der Waals surface area contributed by atoms with Crippen molar-refractivity contribution in [1.82, 2.24) is 15.3 Å². The van der Waals surface area contributed by atoms with Gasteiger partial charge in [0.25, 0.3) is 5.91 Å². The summed E-state index contributed by atoms with van der Waals surface area (Å²) in [6.07, 6.45) is 6.89. The van der Waals surface area contributed by atoms with Gasteiger partial charge in [0.2, 0.25) is 0 Å². The second-order valence-corrected chi connectivity index (χ2v) is 5.75. The molecule has 5 nitrogen and oxygen atoms in total. The van der Waals surface area contributed by atoms with Gasteiger partial charge in [0.05, 0.1) is 10.4 Å². The molecule has 0 saturated carbocycles. The van der Waals surface area contributed by atoms with Gasteiger partial charge in [-0.05, 0) is 30.2 Å². The first-order valence-electron chi connectivity index (χ1n) is 6.46. The van der Waals surface area contributed by atoms with Crippen LogP contribution in [0.3, 0.4) is 0 Å². The van der Waals surface area contributed by atoms with Crippen LogP contribution in [0.25, 0.3) is 10.1 Å². The highest BCUT2D eigenvalue weighted by molar-refractivity contribution is 7.21. The van der Waals surface area contributed by atoms with E-state index < -0.39 is 0 Å². The Kier molecular flexibility index (Phi) is 3.53. The Hall–Kier alpha value is -2.47. The van der Waals surface area contributed by atoms with Gasteiger partial charge in [0, 0.05) is 36.7 Å². The molecule has 0 spiro atoms. The highest BCUT2D eigenvalue weighted by Crippen LogP contribution is 2.32. The number of hydrogen-bond donors (Lipinski definition) is 2. The van der Waals surface area contributed by atoms with Crippen LogP contribution in [0.15, 0.2) is 36.9 Å². The molecule has 0 radical (unpaired) electrons. The maximum absolute atomic E-state index is 12.3. The van der Waals surface area contributed by atoms with Crippen LogP contribution in [0.5, 0.6) is 0 Å². The fourth-order valence-electron chi connectivity index (χ4n) is 2.10. The summed E-state index contributed by atoms with van der Waals surface area (Å²) in [5.74, 6) is -0.162. The van der Waals surface area contributed by atoms with Crippen molar-refractivity contribution < 1.29 is 4.79 Å². The first kappa shape index (κ1) is 13.5. The van der Waals surface area contributed by atoms with Crippen LogP contribution in [0, 0.1) is 6.92 Å². The first-order chi connectivity index (χ1) is 10.2. The van der Waals surface area contributed by atoms with Crippen molar-refractivity contribution in [3.8, 4) is 0 Å². The normalized spacial score (nSPS) is 10.7. The maximum Gasteiger partial charge on any atom is 0.263 e. The van der Waals surface area contributed by atoms with E-state index >= 15 is 0 Å². The number of hydrogen-bond acceptors (Lipinski definition) is 5. The molecule has 3 aromatic heterocycles. The number of amides is 1. The fraction of sp³-hybridized carbons (Fsp3) is 0.133. The van der Waals surface area contributed by atoms with Gasteiger partial charge in [-0.15, -0.1) is 11.3 Å².